The molecule has 4 atom stereocenters. The second-order valence-corrected chi connectivity index (χ2v) is 8.10. The van der Waals surface area contributed by atoms with Crippen LogP contribution in [-0.4, -0.2) is 65.7 Å². The average Bonchev–Trinajstić information content (AvgIpc) is 2.79. The summed E-state index contributed by atoms with van der Waals surface area (Å²) in [7, 11) is 1.39. The molecule has 0 spiro atoms. The van der Waals surface area contributed by atoms with E-state index in [2.05, 4.69) is 0 Å². The van der Waals surface area contributed by atoms with E-state index < -0.39 is 41.4 Å². The molecule has 0 saturated carbocycles. The Balaban J connectivity index is 2.26. The van der Waals surface area contributed by atoms with Gasteiger partial charge in [0.15, 0.2) is 0 Å². The second-order valence-electron chi connectivity index (χ2n) is 8.10. The van der Waals surface area contributed by atoms with E-state index >= 15 is 0 Å². The molecule has 2 rings (SSSR count). The molecule has 1 aromatic rings. The zero-order chi connectivity index (χ0) is 20.3. The van der Waals surface area contributed by atoms with Crippen LogP contribution in [0.4, 0.5) is 0 Å². The Bertz CT molecular complexity index is 627. The Labute approximate surface area is 159 Å². The highest BCUT2D eigenvalue weighted by Gasteiger charge is 2.64. The lowest BCUT2D eigenvalue weighted by molar-refractivity contribution is -0.276. The van der Waals surface area contributed by atoms with Crippen molar-refractivity contribution < 1.29 is 34.3 Å². The van der Waals surface area contributed by atoms with Gasteiger partial charge in [-0.15, -0.1) is 0 Å². The van der Waals surface area contributed by atoms with Crippen LogP contribution in [0.1, 0.15) is 26.3 Å². The fraction of sp³-hybridized carbons (Fsp3) is 0.650. The summed E-state index contributed by atoms with van der Waals surface area (Å²) >= 11 is 0. The summed E-state index contributed by atoms with van der Waals surface area (Å²) < 4.78 is 16.2. The van der Waals surface area contributed by atoms with Gasteiger partial charge in [0.1, 0.15) is 18.3 Å². The van der Waals surface area contributed by atoms with Crippen LogP contribution in [0.25, 0.3) is 0 Å². The maximum Gasteiger partial charge on any atom is 0.311 e. The zero-order valence-corrected chi connectivity index (χ0v) is 16.3. The quantitative estimate of drug-likeness (QED) is 0.602. The Morgan fingerprint density at radius 3 is 2.37 bits per heavy atom. The standard InChI is InChI=1S/C20H30O7/c1-18(2,3)17(22)26-12-16-15(11-21)19(23,13-25-4)20(24,27-16)10-14-8-6-5-7-9-14/h5-9,15-16,21,23-24H,10-13H2,1-4H3/t15-,16+,19+,20-/m0/s1. The SMILES string of the molecule is COC[C@@]1(O)[C@@H](CO)[C@@H](COC(=O)C(C)(C)C)O[C@@]1(O)Cc1ccccc1. The highest BCUT2D eigenvalue weighted by Crippen LogP contribution is 2.45. The molecule has 1 fully saturated rings. The Morgan fingerprint density at radius 2 is 1.85 bits per heavy atom. The van der Waals surface area contributed by atoms with Gasteiger partial charge in [0, 0.05) is 19.4 Å². The van der Waals surface area contributed by atoms with Gasteiger partial charge in [0.05, 0.1) is 18.6 Å². The van der Waals surface area contributed by atoms with E-state index in [1.165, 1.54) is 7.11 Å². The molecule has 1 aliphatic heterocycles. The molecule has 152 valence electrons. The zero-order valence-electron chi connectivity index (χ0n) is 16.3. The molecule has 0 bridgehead atoms. The maximum atomic E-state index is 12.1. The van der Waals surface area contributed by atoms with Gasteiger partial charge >= 0.3 is 5.97 Å². The number of methoxy groups -OCH3 is 1. The predicted molar refractivity (Wildman–Crippen MR) is 97.8 cm³/mol. The van der Waals surface area contributed by atoms with Crippen LogP contribution in [0.5, 0.6) is 0 Å². The van der Waals surface area contributed by atoms with E-state index in [1.54, 1.807) is 32.9 Å². The van der Waals surface area contributed by atoms with Gasteiger partial charge in [-0.1, -0.05) is 30.3 Å². The van der Waals surface area contributed by atoms with Gasteiger partial charge < -0.3 is 29.5 Å². The fourth-order valence-electron chi connectivity index (χ4n) is 3.33. The molecule has 0 aromatic heterocycles. The lowest BCUT2D eigenvalue weighted by Gasteiger charge is -2.38. The summed E-state index contributed by atoms with van der Waals surface area (Å²) in [5.74, 6) is -3.33. The van der Waals surface area contributed by atoms with Crippen molar-refractivity contribution in [3.8, 4) is 0 Å². The number of rotatable bonds is 7. The van der Waals surface area contributed by atoms with E-state index in [4.69, 9.17) is 14.2 Å². The third-order valence-electron chi connectivity index (χ3n) is 4.92. The molecule has 1 aromatic carbocycles. The van der Waals surface area contributed by atoms with Crippen LogP contribution in [0.2, 0.25) is 0 Å². The van der Waals surface area contributed by atoms with Gasteiger partial charge in [-0.2, -0.15) is 0 Å². The molecule has 0 unspecified atom stereocenters. The Hall–Kier alpha value is -1.51. The van der Waals surface area contributed by atoms with Crippen molar-refractivity contribution >= 4 is 5.97 Å². The lowest BCUT2D eigenvalue weighted by atomic mass is 9.79. The van der Waals surface area contributed by atoms with E-state index in [1.807, 2.05) is 18.2 Å². The van der Waals surface area contributed by atoms with Gasteiger partial charge in [0.2, 0.25) is 5.79 Å². The second kappa shape index (κ2) is 8.24. The molecular weight excluding hydrogens is 352 g/mol. The topological polar surface area (TPSA) is 105 Å². The van der Waals surface area contributed by atoms with Crippen molar-refractivity contribution in [2.24, 2.45) is 11.3 Å². The van der Waals surface area contributed by atoms with Crippen molar-refractivity contribution in [1.82, 2.24) is 0 Å². The van der Waals surface area contributed by atoms with Crippen molar-refractivity contribution in [2.45, 2.75) is 44.7 Å². The van der Waals surface area contributed by atoms with Crippen LogP contribution in [0.15, 0.2) is 30.3 Å². The first-order valence-corrected chi connectivity index (χ1v) is 9.01. The first kappa shape index (κ1) is 21.8. The van der Waals surface area contributed by atoms with Crippen LogP contribution < -0.4 is 0 Å². The van der Waals surface area contributed by atoms with Gasteiger partial charge in [-0.3, -0.25) is 4.79 Å². The summed E-state index contributed by atoms with van der Waals surface area (Å²) in [6.07, 6.45) is -0.886. The van der Waals surface area contributed by atoms with Crippen molar-refractivity contribution in [3.05, 3.63) is 35.9 Å². The summed E-state index contributed by atoms with van der Waals surface area (Å²) in [4.78, 5) is 12.1. The van der Waals surface area contributed by atoms with Crippen LogP contribution >= 0.6 is 0 Å². The molecule has 27 heavy (non-hydrogen) atoms. The summed E-state index contributed by atoms with van der Waals surface area (Å²) in [6, 6.07) is 9.07. The van der Waals surface area contributed by atoms with Crippen LogP contribution in [0.3, 0.4) is 0 Å². The normalized spacial score (nSPS) is 31.1. The van der Waals surface area contributed by atoms with Crippen molar-refractivity contribution in [3.63, 3.8) is 0 Å². The molecule has 1 aliphatic rings. The van der Waals surface area contributed by atoms with Gasteiger partial charge in [-0.25, -0.2) is 0 Å². The largest absolute Gasteiger partial charge is 0.463 e. The molecule has 1 saturated heterocycles. The fourth-order valence-corrected chi connectivity index (χ4v) is 3.33. The molecule has 7 heteroatoms. The third kappa shape index (κ3) is 4.50. The lowest BCUT2D eigenvalue weighted by Crippen LogP contribution is -2.59. The average molecular weight is 382 g/mol. The first-order valence-electron chi connectivity index (χ1n) is 9.01. The van der Waals surface area contributed by atoms with Gasteiger partial charge in [0.25, 0.3) is 0 Å². The maximum absolute atomic E-state index is 12.1. The third-order valence-corrected chi connectivity index (χ3v) is 4.92. The first-order chi connectivity index (χ1) is 12.6. The van der Waals surface area contributed by atoms with E-state index in [0.29, 0.717) is 0 Å². The molecule has 7 nitrogen and oxygen atoms in total. The van der Waals surface area contributed by atoms with Crippen LogP contribution in [0, 0.1) is 11.3 Å². The minimum atomic E-state index is -2.00. The number of ether oxygens (including phenoxy) is 3. The Kier molecular flexibility index (Phi) is 6.65. The van der Waals surface area contributed by atoms with Crippen molar-refractivity contribution in [2.75, 3.05) is 26.9 Å². The monoisotopic (exact) mass is 382 g/mol. The van der Waals surface area contributed by atoms with E-state index in [0.717, 1.165) is 5.56 Å². The highest BCUT2D eigenvalue weighted by molar-refractivity contribution is 5.75. The predicted octanol–water partition coefficient (Wildman–Crippen LogP) is 0.892. The van der Waals surface area contributed by atoms with E-state index in [9.17, 15) is 20.1 Å². The summed E-state index contributed by atoms with van der Waals surface area (Å²) in [5.41, 5.74) is -1.82. The molecule has 0 radical (unpaired) electrons. The Morgan fingerprint density at radius 1 is 1.22 bits per heavy atom. The highest BCUT2D eigenvalue weighted by atomic mass is 16.7. The molecular formula is C20H30O7. The number of hydrogen-bond acceptors (Lipinski definition) is 7. The number of benzene rings is 1. The molecule has 0 aliphatic carbocycles. The van der Waals surface area contributed by atoms with E-state index in [-0.39, 0.29) is 19.6 Å². The number of esters is 1. The number of aliphatic hydroxyl groups is 3. The van der Waals surface area contributed by atoms with Crippen molar-refractivity contribution in [1.29, 1.82) is 0 Å². The molecule has 1 heterocycles. The minimum Gasteiger partial charge on any atom is -0.463 e. The minimum absolute atomic E-state index is 0.00603. The number of carbonyl (C=O) groups is 1. The number of aliphatic hydroxyl groups excluding tert-OH is 1. The molecule has 0 amide bonds. The van der Waals surface area contributed by atoms with Gasteiger partial charge in [-0.05, 0) is 26.3 Å². The smallest absolute Gasteiger partial charge is 0.311 e. The summed E-state index contributed by atoms with van der Waals surface area (Å²) in [6.45, 7) is 4.27. The molecule has 3 N–H and O–H groups in total. The van der Waals surface area contributed by atoms with Crippen LogP contribution in [-0.2, 0) is 25.4 Å². The number of carbonyl (C=O) groups excluding carboxylic acids is 1. The number of hydrogen-bond donors (Lipinski definition) is 3. The summed E-state index contributed by atoms with van der Waals surface area (Å²) in [5, 5.41) is 32.3.